The van der Waals surface area contributed by atoms with Gasteiger partial charge in [-0.3, -0.25) is 19.7 Å². The summed E-state index contributed by atoms with van der Waals surface area (Å²) >= 11 is 0.849. The second-order valence-corrected chi connectivity index (χ2v) is 7.49. The Morgan fingerprint density at radius 1 is 1.26 bits per heavy atom. The van der Waals surface area contributed by atoms with E-state index in [0.29, 0.717) is 5.56 Å². The number of hydrogen-bond donors (Lipinski definition) is 2. The van der Waals surface area contributed by atoms with Gasteiger partial charge in [-0.2, -0.15) is 5.10 Å². The Labute approximate surface area is 179 Å². The number of thioether (sulfide) groups is 1. The van der Waals surface area contributed by atoms with Crippen LogP contribution in [0.25, 0.3) is 0 Å². The Morgan fingerprint density at radius 3 is 2.71 bits per heavy atom. The fourth-order valence-corrected chi connectivity index (χ4v) is 3.60. The normalized spacial score (nSPS) is 16.8. The third kappa shape index (κ3) is 5.11. The van der Waals surface area contributed by atoms with Crippen LogP contribution < -0.4 is 10.6 Å². The minimum atomic E-state index is -1.18. The molecule has 1 aliphatic heterocycles. The number of nitro groups is 1. The molecule has 3 rings (SSSR count). The molecule has 0 bridgehead atoms. The lowest BCUT2D eigenvalue weighted by molar-refractivity contribution is -0.384. The molecule has 1 atom stereocenters. The van der Waals surface area contributed by atoms with E-state index in [9.17, 15) is 24.5 Å². The number of amidine groups is 1. The number of nitro benzene ring substituents is 1. The van der Waals surface area contributed by atoms with Gasteiger partial charge >= 0.3 is 5.97 Å². The highest BCUT2D eigenvalue weighted by atomic mass is 32.2. The first-order valence-corrected chi connectivity index (χ1v) is 9.62. The molecule has 0 aromatic heterocycles. The maximum atomic E-state index is 12.7. The second-order valence-electron chi connectivity index (χ2n) is 6.27. The van der Waals surface area contributed by atoms with Gasteiger partial charge in [0, 0.05) is 24.1 Å². The fraction of sp³-hybridized carbons (Fsp3) is 0.105. The zero-order valence-corrected chi connectivity index (χ0v) is 16.6. The summed E-state index contributed by atoms with van der Waals surface area (Å²) < 4.78 is 0. The average Bonchev–Trinajstić information content (AvgIpc) is 3.01. The van der Waals surface area contributed by atoms with E-state index in [2.05, 4.69) is 10.2 Å². The lowest BCUT2D eigenvalue weighted by Gasteiger charge is -2.15. The van der Waals surface area contributed by atoms with Crippen LogP contribution in [0, 0.1) is 10.1 Å². The molecule has 1 saturated heterocycles. The van der Waals surface area contributed by atoms with Gasteiger partial charge in [0.25, 0.3) is 5.69 Å². The van der Waals surface area contributed by atoms with Crippen molar-refractivity contribution in [3.8, 4) is 0 Å². The number of rotatable bonds is 6. The SMILES string of the molecule is NC(=NN=Cc1cccc([N+](=O)[O-])c1)S[C@@H]1CC(=O)N(c2cccc(C(=O)O)c2)C1=O. The predicted molar refractivity (Wildman–Crippen MR) is 114 cm³/mol. The lowest BCUT2D eigenvalue weighted by Crippen LogP contribution is -2.32. The zero-order chi connectivity index (χ0) is 22.5. The Kier molecular flexibility index (Phi) is 6.40. The summed E-state index contributed by atoms with van der Waals surface area (Å²) in [4.78, 5) is 47.3. The van der Waals surface area contributed by atoms with Crippen molar-refractivity contribution in [1.82, 2.24) is 0 Å². The van der Waals surface area contributed by atoms with Crippen LogP contribution in [0.3, 0.4) is 0 Å². The van der Waals surface area contributed by atoms with E-state index in [1.54, 1.807) is 6.07 Å². The van der Waals surface area contributed by atoms with E-state index in [4.69, 9.17) is 10.8 Å². The molecule has 1 heterocycles. The van der Waals surface area contributed by atoms with Crippen molar-refractivity contribution >= 4 is 52.3 Å². The summed E-state index contributed by atoms with van der Waals surface area (Å²) in [5, 5.41) is 26.5. The Morgan fingerprint density at radius 2 is 2.00 bits per heavy atom. The monoisotopic (exact) mass is 441 g/mol. The van der Waals surface area contributed by atoms with Gasteiger partial charge in [-0.25, -0.2) is 9.69 Å². The minimum absolute atomic E-state index is 0.0502. The number of hydrogen-bond acceptors (Lipinski definition) is 8. The number of carbonyl (C=O) groups excluding carboxylic acids is 2. The maximum Gasteiger partial charge on any atom is 0.335 e. The van der Waals surface area contributed by atoms with Crippen LogP contribution in [-0.2, 0) is 9.59 Å². The smallest absolute Gasteiger partial charge is 0.335 e. The van der Waals surface area contributed by atoms with Gasteiger partial charge in [0.15, 0.2) is 5.17 Å². The van der Waals surface area contributed by atoms with Gasteiger partial charge in [0.2, 0.25) is 11.8 Å². The Hall–Kier alpha value is -4.06. The first-order valence-electron chi connectivity index (χ1n) is 8.74. The van der Waals surface area contributed by atoms with E-state index >= 15 is 0 Å². The van der Waals surface area contributed by atoms with Crippen molar-refractivity contribution in [2.45, 2.75) is 11.7 Å². The van der Waals surface area contributed by atoms with Crippen LogP contribution in [0.2, 0.25) is 0 Å². The molecule has 1 fully saturated rings. The van der Waals surface area contributed by atoms with E-state index in [0.717, 1.165) is 16.7 Å². The first kappa shape index (κ1) is 21.6. The number of carbonyl (C=O) groups is 3. The number of nitrogens with two attached hydrogens (primary N) is 1. The molecular formula is C19H15N5O6S. The zero-order valence-electron chi connectivity index (χ0n) is 15.7. The van der Waals surface area contributed by atoms with Crippen LogP contribution in [0.1, 0.15) is 22.3 Å². The number of non-ortho nitro benzene ring substituents is 1. The summed E-state index contributed by atoms with van der Waals surface area (Å²) in [6, 6.07) is 11.2. The molecule has 0 aliphatic carbocycles. The van der Waals surface area contributed by atoms with Gasteiger partial charge in [-0.15, -0.1) is 5.10 Å². The van der Waals surface area contributed by atoms with Crippen LogP contribution in [0.5, 0.6) is 0 Å². The highest BCUT2D eigenvalue weighted by Crippen LogP contribution is 2.30. The number of nitrogens with zero attached hydrogens (tertiary/aromatic N) is 4. The molecule has 2 aromatic rings. The number of anilines is 1. The van der Waals surface area contributed by atoms with Crippen LogP contribution in [0.15, 0.2) is 58.7 Å². The van der Waals surface area contributed by atoms with Gasteiger partial charge in [0.05, 0.1) is 22.4 Å². The van der Waals surface area contributed by atoms with Gasteiger partial charge in [-0.1, -0.05) is 30.0 Å². The molecule has 11 nitrogen and oxygen atoms in total. The second kappa shape index (κ2) is 9.17. The molecular weight excluding hydrogens is 426 g/mol. The molecule has 2 amide bonds. The number of carboxylic acid groups (broad SMARTS) is 1. The fourth-order valence-electron chi connectivity index (χ4n) is 2.79. The van der Waals surface area contributed by atoms with Gasteiger partial charge < -0.3 is 10.8 Å². The van der Waals surface area contributed by atoms with Crippen LogP contribution >= 0.6 is 11.8 Å². The number of benzene rings is 2. The number of carboxylic acids is 1. The Bertz CT molecular complexity index is 1130. The summed E-state index contributed by atoms with van der Waals surface area (Å²) in [5.41, 5.74) is 6.23. The van der Waals surface area contributed by atoms with Crippen LogP contribution in [0.4, 0.5) is 11.4 Å². The molecule has 158 valence electrons. The number of amides is 2. The van der Waals surface area contributed by atoms with Crippen molar-refractivity contribution in [2.75, 3.05) is 4.90 Å². The van der Waals surface area contributed by atoms with E-state index in [1.807, 2.05) is 0 Å². The molecule has 0 radical (unpaired) electrons. The van der Waals surface area contributed by atoms with Crippen molar-refractivity contribution < 1.29 is 24.4 Å². The number of aromatic carboxylic acids is 1. The summed E-state index contributed by atoms with van der Waals surface area (Å²) in [7, 11) is 0. The molecule has 3 N–H and O–H groups in total. The van der Waals surface area contributed by atoms with E-state index in [-0.39, 0.29) is 28.5 Å². The molecule has 1 aliphatic rings. The van der Waals surface area contributed by atoms with Gasteiger partial charge in [0.1, 0.15) is 5.25 Å². The van der Waals surface area contributed by atoms with Crippen molar-refractivity contribution in [1.29, 1.82) is 0 Å². The minimum Gasteiger partial charge on any atom is -0.478 e. The summed E-state index contributed by atoms with van der Waals surface area (Å²) in [6.07, 6.45) is 1.14. The highest BCUT2D eigenvalue weighted by Gasteiger charge is 2.40. The molecule has 2 aromatic carbocycles. The largest absolute Gasteiger partial charge is 0.478 e. The quantitative estimate of drug-likeness (QED) is 0.225. The van der Waals surface area contributed by atoms with Crippen molar-refractivity contribution in [3.05, 3.63) is 69.8 Å². The Balaban J connectivity index is 1.69. The molecule has 0 saturated carbocycles. The third-order valence-electron chi connectivity index (χ3n) is 4.16. The topological polar surface area (TPSA) is 169 Å². The maximum absolute atomic E-state index is 12.7. The van der Waals surface area contributed by atoms with Gasteiger partial charge in [-0.05, 0) is 18.2 Å². The molecule has 0 unspecified atom stereocenters. The standard InChI is InChI=1S/C19H15N5O6S/c20-19(22-21-10-11-3-1-6-14(7-11)24(29)30)31-15-9-16(25)23(17(15)26)13-5-2-4-12(8-13)18(27)28/h1-8,10,15H,9H2,(H2,20,22)(H,27,28)/t15-/m1/s1. The van der Waals surface area contributed by atoms with Crippen molar-refractivity contribution in [2.24, 2.45) is 15.9 Å². The van der Waals surface area contributed by atoms with E-state index < -0.39 is 28.0 Å². The van der Waals surface area contributed by atoms with E-state index in [1.165, 1.54) is 48.7 Å². The molecule has 31 heavy (non-hydrogen) atoms. The molecule has 12 heteroatoms. The predicted octanol–water partition coefficient (Wildman–Crippen LogP) is 2.01. The lowest BCUT2D eigenvalue weighted by atomic mass is 10.2. The van der Waals surface area contributed by atoms with Crippen molar-refractivity contribution in [3.63, 3.8) is 0 Å². The van der Waals surface area contributed by atoms with Crippen LogP contribution in [-0.4, -0.2) is 44.4 Å². The third-order valence-corrected chi connectivity index (χ3v) is 5.14. The first-order chi connectivity index (χ1) is 14.8. The molecule has 0 spiro atoms. The summed E-state index contributed by atoms with van der Waals surface area (Å²) in [5.74, 6) is -2.21. The number of imide groups is 1. The average molecular weight is 441 g/mol. The highest BCUT2D eigenvalue weighted by molar-refractivity contribution is 8.14. The summed E-state index contributed by atoms with van der Waals surface area (Å²) in [6.45, 7) is 0.